The molecule has 0 atom stereocenters. The number of rotatable bonds is 4. The predicted molar refractivity (Wildman–Crippen MR) is 57.7 cm³/mol. The second-order valence-corrected chi connectivity index (χ2v) is 3.57. The van der Waals surface area contributed by atoms with E-state index in [0.29, 0.717) is 0 Å². The van der Waals surface area contributed by atoms with Crippen LogP contribution < -0.4 is 0 Å². The molecule has 0 aliphatic carbocycles. The Morgan fingerprint density at radius 2 is 1.83 bits per heavy atom. The van der Waals surface area contributed by atoms with Gasteiger partial charge in [-0.3, -0.25) is 0 Å². The van der Waals surface area contributed by atoms with Gasteiger partial charge in [0.15, 0.2) is 0 Å². The highest BCUT2D eigenvalue weighted by atomic mass is 79.9. The van der Waals surface area contributed by atoms with Crippen molar-refractivity contribution in [3.05, 3.63) is 35.4 Å². The SMILES string of the molecule is CCCCc1ccccc1CBr. The minimum Gasteiger partial charge on any atom is -0.0876 e. The molecule has 0 heterocycles. The van der Waals surface area contributed by atoms with Crippen molar-refractivity contribution in [2.45, 2.75) is 31.5 Å². The van der Waals surface area contributed by atoms with Crippen LogP contribution in [0.4, 0.5) is 0 Å². The highest BCUT2D eigenvalue weighted by Crippen LogP contribution is 2.14. The van der Waals surface area contributed by atoms with E-state index in [2.05, 4.69) is 47.1 Å². The number of aryl methyl sites for hydroxylation is 1. The molecule has 0 aromatic heterocycles. The van der Waals surface area contributed by atoms with Crippen molar-refractivity contribution in [2.75, 3.05) is 0 Å². The van der Waals surface area contributed by atoms with Gasteiger partial charge in [0.1, 0.15) is 0 Å². The van der Waals surface area contributed by atoms with E-state index in [1.54, 1.807) is 0 Å². The number of unbranched alkanes of at least 4 members (excludes halogenated alkanes) is 1. The van der Waals surface area contributed by atoms with Gasteiger partial charge in [0.2, 0.25) is 0 Å². The van der Waals surface area contributed by atoms with E-state index in [1.807, 2.05) is 0 Å². The van der Waals surface area contributed by atoms with Gasteiger partial charge in [0.25, 0.3) is 0 Å². The van der Waals surface area contributed by atoms with Gasteiger partial charge < -0.3 is 0 Å². The first-order valence-electron chi connectivity index (χ1n) is 4.51. The zero-order chi connectivity index (χ0) is 8.81. The lowest BCUT2D eigenvalue weighted by atomic mass is 10.0. The third-order valence-corrected chi connectivity index (χ3v) is 2.67. The molecule has 0 radical (unpaired) electrons. The Morgan fingerprint density at radius 1 is 1.17 bits per heavy atom. The van der Waals surface area contributed by atoms with Crippen molar-refractivity contribution < 1.29 is 0 Å². The van der Waals surface area contributed by atoms with Crippen LogP contribution in [0.2, 0.25) is 0 Å². The van der Waals surface area contributed by atoms with Gasteiger partial charge in [-0.25, -0.2) is 0 Å². The fourth-order valence-electron chi connectivity index (χ4n) is 1.30. The maximum atomic E-state index is 3.50. The van der Waals surface area contributed by atoms with Crippen molar-refractivity contribution in [3.8, 4) is 0 Å². The maximum Gasteiger partial charge on any atom is 0.0285 e. The standard InChI is InChI=1S/C11H15Br/c1-2-3-6-10-7-4-5-8-11(10)9-12/h4-5,7-8H,2-3,6,9H2,1H3. The van der Waals surface area contributed by atoms with E-state index in [-0.39, 0.29) is 0 Å². The summed E-state index contributed by atoms with van der Waals surface area (Å²) in [6, 6.07) is 8.65. The molecule has 1 aromatic carbocycles. The number of hydrogen-bond donors (Lipinski definition) is 0. The van der Waals surface area contributed by atoms with Gasteiger partial charge in [-0.1, -0.05) is 53.5 Å². The normalized spacial score (nSPS) is 10.2. The Hall–Kier alpha value is -0.300. The van der Waals surface area contributed by atoms with Crippen LogP contribution >= 0.6 is 15.9 Å². The molecule has 0 unspecified atom stereocenters. The van der Waals surface area contributed by atoms with Gasteiger partial charge in [-0.05, 0) is 24.0 Å². The Kier molecular flexibility index (Phi) is 4.37. The van der Waals surface area contributed by atoms with Gasteiger partial charge in [0.05, 0.1) is 0 Å². The Bertz CT molecular complexity index is 230. The highest BCUT2D eigenvalue weighted by molar-refractivity contribution is 9.08. The van der Waals surface area contributed by atoms with Crippen molar-refractivity contribution in [1.82, 2.24) is 0 Å². The second kappa shape index (κ2) is 5.36. The van der Waals surface area contributed by atoms with Crippen molar-refractivity contribution >= 4 is 15.9 Å². The molecule has 0 saturated heterocycles. The van der Waals surface area contributed by atoms with Crippen LogP contribution in [-0.4, -0.2) is 0 Å². The number of halogens is 1. The maximum absolute atomic E-state index is 3.50. The van der Waals surface area contributed by atoms with Crippen LogP contribution in [-0.2, 0) is 11.8 Å². The van der Waals surface area contributed by atoms with Crippen LogP contribution in [0.25, 0.3) is 0 Å². The molecular weight excluding hydrogens is 212 g/mol. The zero-order valence-corrected chi connectivity index (χ0v) is 9.10. The monoisotopic (exact) mass is 226 g/mol. The first kappa shape index (κ1) is 9.79. The fraction of sp³-hybridized carbons (Fsp3) is 0.455. The van der Waals surface area contributed by atoms with E-state index in [4.69, 9.17) is 0 Å². The lowest BCUT2D eigenvalue weighted by Crippen LogP contribution is -1.90. The lowest BCUT2D eigenvalue weighted by Gasteiger charge is -2.04. The zero-order valence-electron chi connectivity index (χ0n) is 7.52. The molecule has 0 spiro atoms. The summed E-state index contributed by atoms with van der Waals surface area (Å²) in [5, 5.41) is 0.979. The summed E-state index contributed by atoms with van der Waals surface area (Å²) in [7, 11) is 0. The van der Waals surface area contributed by atoms with Crippen molar-refractivity contribution in [2.24, 2.45) is 0 Å². The number of benzene rings is 1. The summed E-state index contributed by atoms with van der Waals surface area (Å²) in [5.74, 6) is 0. The average Bonchev–Trinajstić information content (AvgIpc) is 2.15. The van der Waals surface area contributed by atoms with Gasteiger partial charge in [-0.15, -0.1) is 0 Å². The molecule has 0 saturated carbocycles. The molecule has 0 amide bonds. The molecule has 0 bridgehead atoms. The smallest absolute Gasteiger partial charge is 0.0285 e. The minimum atomic E-state index is 0.979. The van der Waals surface area contributed by atoms with Crippen LogP contribution in [0.5, 0.6) is 0 Å². The number of hydrogen-bond acceptors (Lipinski definition) is 0. The van der Waals surface area contributed by atoms with E-state index in [1.165, 1.54) is 30.4 Å². The predicted octanol–water partition coefficient (Wildman–Crippen LogP) is 3.92. The summed E-state index contributed by atoms with van der Waals surface area (Å²) < 4.78 is 0. The van der Waals surface area contributed by atoms with E-state index >= 15 is 0 Å². The third-order valence-electron chi connectivity index (χ3n) is 2.06. The van der Waals surface area contributed by atoms with Gasteiger partial charge >= 0.3 is 0 Å². The Morgan fingerprint density at radius 3 is 2.42 bits per heavy atom. The molecule has 66 valence electrons. The minimum absolute atomic E-state index is 0.979. The van der Waals surface area contributed by atoms with Crippen molar-refractivity contribution in [3.63, 3.8) is 0 Å². The summed E-state index contributed by atoms with van der Waals surface area (Å²) in [6.45, 7) is 2.23. The topological polar surface area (TPSA) is 0 Å². The molecule has 0 fully saturated rings. The van der Waals surface area contributed by atoms with E-state index in [9.17, 15) is 0 Å². The largest absolute Gasteiger partial charge is 0.0876 e. The number of alkyl halides is 1. The Labute approximate surface area is 83.1 Å². The molecule has 0 N–H and O–H groups in total. The molecule has 0 nitrogen and oxygen atoms in total. The molecule has 0 aliphatic heterocycles. The highest BCUT2D eigenvalue weighted by Gasteiger charge is 1.98. The van der Waals surface area contributed by atoms with Crippen LogP contribution in [0, 0.1) is 0 Å². The molecule has 0 aliphatic rings. The van der Waals surface area contributed by atoms with Crippen LogP contribution in [0.3, 0.4) is 0 Å². The molecule has 12 heavy (non-hydrogen) atoms. The summed E-state index contributed by atoms with van der Waals surface area (Å²) in [5.41, 5.74) is 2.93. The lowest BCUT2D eigenvalue weighted by molar-refractivity contribution is 0.791. The molecule has 1 aromatic rings. The third kappa shape index (κ3) is 2.63. The quantitative estimate of drug-likeness (QED) is 0.684. The summed E-state index contributed by atoms with van der Waals surface area (Å²) >= 11 is 3.50. The first-order valence-corrected chi connectivity index (χ1v) is 5.63. The van der Waals surface area contributed by atoms with Crippen LogP contribution in [0.15, 0.2) is 24.3 Å². The Balaban J connectivity index is 2.68. The summed E-state index contributed by atoms with van der Waals surface area (Å²) in [6.07, 6.45) is 3.79. The van der Waals surface area contributed by atoms with Crippen molar-refractivity contribution in [1.29, 1.82) is 0 Å². The molecule has 1 heteroatoms. The van der Waals surface area contributed by atoms with E-state index in [0.717, 1.165) is 5.33 Å². The molecular formula is C11H15Br. The van der Waals surface area contributed by atoms with Gasteiger partial charge in [0, 0.05) is 5.33 Å². The van der Waals surface area contributed by atoms with E-state index < -0.39 is 0 Å². The average molecular weight is 227 g/mol. The second-order valence-electron chi connectivity index (χ2n) is 3.01. The van der Waals surface area contributed by atoms with Gasteiger partial charge in [-0.2, -0.15) is 0 Å². The fourth-order valence-corrected chi connectivity index (χ4v) is 1.85. The summed E-state index contributed by atoms with van der Waals surface area (Å²) in [4.78, 5) is 0. The first-order chi connectivity index (χ1) is 5.88. The molecule has 1 rings (SSSR count). The van der Waals surface area contributed by atoms with Crippen LogP contribution in [0.1, 0.15) is 30.9 Å².